The van der Waals surface area contributed by atoms with Crippen LogP contribution in [0.4, 0.5) is 0 Å². The van der Waals surface area contributed by atoms with Gasteiger partial charge in [0, 0.05) is 5.54 Å². The van der Waals surface area contributed by atoms with Crippen molar-refractivity contribution >= 4 is 17.7 Å². The van der Waals surface area contributed by atoms with E-state index in [1.54, 1.807) is 0 Å². The monoisotopic (exact) mass is 269 g/mol. The Morgan fingerprint density at radius 1 is 1.42 bits per heavy atom. The third-order valence-electron chi connectivity index (χ3n) is 3.44. The van der Waals surface area contributed by atoms with Gasteiger partial charge in [0.05, 0.1) is 12.6 Å². The van der Waals surface area contributed by atoms with E-state index in [9.17, 15) is 14.4 Å². The van der Waals surface area contributed by atoms with Crippen LogP contribution >= 0.6 is 0 Å². The molecule has 1 fully saturated rings. The Morgan fingerprint density at radius 3 is 2.58 bits per heavy atom. The molecule has 0 radical (unpaired) electrons. The summed E-state index contributed by atoms with van der Waals surface area (Å²) in [6, 6.07) is -0.371. The van der Waals surface area contributed by atoms with Crippen LogP contribution in [0.15, 0.2) is 0 Å². The maximum absolute atomic E-state index is 12.0. The van der Waals surface area contributed by atoms with Crippen LogP contribution in [0.5, 0.6) is 0 Å². The molecule has 1 heterocycles. The van der Waals surface area contributed by atoms with E-state index in [1.807, 2.05) is 27.7 Å². The molecule has 0 aliphatic carbocycles. The Balaban J connectivity index is 2.66. The predicted octanol–water partition coefficient (Wildman–Crippen LogP) is 0.0282. The van der Waals surface area contributed by atoms with Gasteiger partial charge in [0.15, 0.2) is 0 Å². The highest BCUT2D eigenvalue weighted by molar-refractivity contribution is 6.03. The minimum atomic E-state index is -0.371. The zero-order valence-electron chi connectivity index (χ0n) is 12.1. The quantitative estimate of drug-likeness (QED) is 0.690. The zero-order chi connectivity index (χ0) is 14.6. The summed E-state index contributed by atoms with van der Waals surface area (Å²) in [5, 5.41) is 5.68. The van der Waals surface area contributed by atoms with E-state index >= 15 is 0 Å². The summed E-state index contributed by atoms with van der Waals surface area (Å²) >= 11 is 0. The molecule has 1 atom stereocenters. The second-order valence-electron chi connectivity index (χ2n) is 5.45. The Hall–Kier alpha value is -1.43. The van der Waals surface area contributed by atoms with Gasteiger partial charge in [-0.1, -0.05) is 13.8 Å². The number of nitrogens with one attached hydrogen (secondary N) is 2. The van der Waals surface area contributed by atoms with E-state index in [0.29, 0.717) is 6.42 Å². The number of carbonyl (C=O) groups is 3. The molecule has 3 amide bonds. The van der Waals surface area contributed by atoms with Crippen molar-refractivity contribution in [3.63, 3.8) is 0 Å². The van der Waals surface area contributed by atoms with Gasteiger partial charge in [-0.3, -0.25) is 24.6 Å². The molecule has 1 unspecified atom stereocenters. The fraction of sp³-hybridized carbons (Fsp3) is 0.769. The first-order valence-corrected chi connectivity index (χ1v) is 6.69. The lowest BCUT2D eigenvalue weighted by Crippen LogP contribution is -2.60. The molecule has 0 bridgehead atoms. The lowest BCUT2D eigenvalue weighted by Gasteiger charge is -2.32. The second kappa shape index (κ2) is 6.14. The first-order valence-electron chi connectivity index (χ1n) is 6.69. The topological polar surface area (TPSA) is 78.5 Å². The van der Waals surface area contributed by atoms with Gasteiger partial charge in [-0.2, -0.15) is 0 Å². The smallest absolute Gasteiger partial charge is 0.246 e. The molecule has 6 heteroatoms. The minimum absolute atomic E-state index is 0.106. The van der Waals surface area contributed by atoms with Gasteiger partial charge in [-0.05, 0) is 26.7 Å². The van der Waals surface area contributed by atoms with Crippen LogP contribution in [0, 0.1) is 0 Å². The summed E-state index contributed by atoms with van der Waals surface area (Å²) in [4.78, 5) is 36.6. The Kier molecular flexibility index (Phi) is 5.05. The standard InChI is InChI=1S/C13H23N3O3/c1-5-9-12(19)16(11(18)7-14-9)8-10(17)15-13(3,4)6-2/h9,14H,5-8H2,1-4H3,(H,15,17). The second-order valence-corrected chi connectivity index (χ2v) is 5.45. The lowest BCUT2D eigenvalue weighted by molar-refractivity contribution is -0.152. The van der Waals surface area contributed by atoms with Crippen molar-refractivity contribution in [3.05, 3.63) is 0 Å². The van der Waals surface area contributed by atoms with Gasteiger partial charge in [0.1, 0.15) is 6.54 Å². The van der Waals surface area contributed by atoms with Crippen molar-refractivity contribution in [2.75, 3.05) is 13.1 Å². The number of carbonyl (C=O) groups excluding carboxylic acids is 3. The van der Waals surface area contributed by atoms with Crippen molar-refractivity contribution < 1.29 is 14.4 Å². The van der Waals surface area contributed by atoms with Crippen molar-refractivity contribution in [3.8, 4) is 0 Å². The summed E-state index contributed by atoms with van der Waals surface area (Å²) in [7, 11) is 0. The number of nitrogens with zero attached hydrogens (tertiary/aromatic N) is 1. The van der Waals surface area contributed by atoms with Crippen LogP contribution in [0.2, 0.25) is 0 Å². The van der Waals surface area contributed by atoms with E-state index in [2.05, 4.69) is 10.6 Å². The van der Waals surface area contributed by atoms with Crippen molar-refractivity contribution in [1.82, 2.24) is 15.5 Å². The average molecular weight is 269 g/mol. The van der Waals surface area contributed by atoms with Crippen LogP contribution in [-0.2, 0) is 14.4 Å². The maximum atomic E-state index is 12.0. The van der Waals surface area contributed by atoms with Crippen LogP contribution in [-0.4, -0.2) is 47.3 Å². The molecule has 0 spiro atoms. The molecule has 108 valence electrons. The molecule has 6 nitrogen and oxygen atoms in total. The Labute approximate surface area is 113 Å². The highest BCUT2D eigenvalue weighted by atomic mass is 16.2. The van der Waals surface area contributed by atoms with Crippen LogP contribution in [0.3, 0.4) is 0 Å². The number of hydrogen-bond acceptors (Lipinski definition) is 4. The van der Waals surface area contributed by atoms with Gasteiger partial charge in [0.25, 0.3) is 0 Å². The number of hydrogen-bond donors (Lipinski definition) is 2. The highest BCUT2D eigenvalue weighted by Crippen LogP contribution is 2.09. The molecule has 1 aliphatic heterocycles. The number of rotatable bonds is 5. The molecule has 0 saturated carbocycles. The fourth-order valence-corrected chi connectivity index (χ4v) is 1.84. The van der Waals surface area contributed by atoms with Crippen LogP contribution in [0.25, 0.3) is 0 Å². The molecule has 2 N–H and O–H groups in total. The summed E-state index contributed by atoms with van der Waals surface area (Å²) < 4.78 is 0. The molecule has 0 aromatic heterocycles. The third-order valence-corrected chi connectivity index (χ3v) is 3.44. The van der Waals surface area contributed by atoms with E-state index in [-0.39, 0.29) is 42.4 Å². The summed E-state index contributed by atoms with van der Waals surface area (Å²) in [5.41, 5.74) is -0.332. The van der Waals surface area contributed by atoms with Crippen molar-refractivity contribution in [1.29, 1.82) is 0 Å². The molecule has 0 aromatic carbocycles. The third kappa shape index (κ3) is 4.02. The summed E-state index contributed by atoms with van der Waals surface area (Å²) in [6.07, 6.45) is 1.38. The Morgan fingerprint density at radius 2 is 2.05 bits per heavy atom. The molecule has 0 aromatic rings. The normalized spacial score (nSPS) is 20.6. The largest absolute Gasteiger partial charge is 0.350 e. The van der Waals surface area contributed by atoms with Crippen molar-refractivity contribution in [2.24, 2.45) is 0 Å². The van der Waals surface area contributed by atoms with E-state index in [1.165, 1.54) is 0 Å². The molecule has 1 saturated heterocycles. The zero-order valence-corrected chi connectivity index (χ0v) is 12.1. The SMILES string of the molecule is CCC1NCC(=O)N(CC(=O)NC(C)(C)CC)C1=O. The number of imide groups is 1. The predicted molar refractivity (Wildman–Crippen MR) is 71.3 cm³/mol. The first-order chi connectivity index (χ1) is 8.80. The molecule has 1 aliphatic rings. The van der Waals surface area contributed by atoms with E-state index in [4.69, 9.17) is 0 Å². The van der Waals surface area contributed by atoms with Gasteiger partial charge in [0.2, 0.25) is 17.7 Å². The molecular formula is C13H23N3O3. The highest BCUT2D eigenvalue weighted by Gasteiger charge is 2.34. The van der Waals surface area contributed by atoms with E-state index in [0.717, 1.165) is 11.3 Å². The number of amides is 3. The number of piperazine rings is 1. The molecule has 19 heavy (non-hydrogen) atoms. The van der Waals surface area contributed by atoms with Gasteiger partial charge in [-0.25, -0.2) is 0 Å². The van der Waals surface area contributed by atoms with Gasteiger partial charge < -0.3 is 5.32 Å². The molecule has 1 rings (SSSR count). The first kappa shape index (κ1) is 15.6. The summed E-state index contributed by atoms with van der Waals surface area (Å²) in [6.45, 7) is 7.55. The lowest BCUT2D eigenvalue weighted by atomic mass is 10.0. The summed E-state index contributed by atoms with van der Waals surface area (Å²) in [5.74, 6) is -0.965. The maximum Gasteiger partial charge on any atom is 0.246 e. The minimum Gasteiger partial charge on any atom is -0.350 e. The fourth-order valence-electron chi connectivity index (χ4n) is 1.84. The van der Waals surface area contributed by atoms with Crippen LogP contribution < -0.4 is 10.6 Å². The molecular weight excluding hydrogens is 246 g/mol. The van der Waals surface area contributed by atoms with Crippen molar-refractivity contribution in [2.45, 2.75) is 52.1 Å². The Bertz CT molecular complexity index is 379. The van der Waals surface area contributed by atoms with E-state index < -0.39 is 0 Å². The van der Waals surface area contributed by atoms with Gasteiger partial charge in [-0.15, -0.1) is 0 Å². The average Bonchev–Trinajstić information content (AvgIpc) is 2.34. The van der Waals surface area contributed by atoms with Gasteiger partial charge >= 0.3 is 0 Å². The van der Waals surface area contributed by atoms with Crippen LogP contribution in [0.1, 0.15) is 40.5 Å².